The highest BCUT2D eigenvalue weighted by molar-refractivity contribution is 5.88. The van der Waals surface area contributed by atoms with Crippen LogP contribution in [0.25, 0.3) is 0 Å². The summed E-state index contributed by atoms with van der Waals surface area (Å²) in [6.45, 7) is 2.51. The van der Waals surface area contributed by atoms with Crippen LogP contribution in [0, 0.1) is 5.41 Å². The fourth-order valence-corrected chi connectivity index (χ4v) is 0.912. The standard InChI is InChI=1S/C9H16O6/c1-9(2,4-10)7(13)5(11)3-6(12)8(14)15/h6-7,10,12-13H,3-4H2,1-2H3,(H,14,15)/t6-,7-/m1/s1. The molecule has 0 aromatic carbocycles. The molecule has 0 spiro atoms. The van der Waals surface area contributed by atoms with Crippen LogP contribution in [-0.4, -0.2) is 51.0 Å². The van der Waals surface area contributed by atoms with Crippen molar-refractivity contribution < 1.29 is 30.0 Å². The lowest BCUT2D eigenvalue weighted by atomic mass is 9.84. The summed E-state index contributed by atoms with van der Waals surface area (Å²) in [7, 11) is 0. The molecule has 0 radical (unpaired) electrons. The lowest BCUT2D eigenvalue weighted by Crippen LogP contribution is -2.41. The van der Waals surface area contributed by atoms with Gasteiger partial charge in [-0.1, -0.05) is 13.8 Å². The zero-order chi connectivity index (χ0) is 12.2. The van der Waals surface area contributed by atoms with E-state index in [2.05, 4.69) is 0 Å². The predicted molar refractivity (Wildman–Crippen MR) is 50.1 cm³/mol. The fraction of sp³-hybridized carbons (Fsp3) is 0.778. The van der Waals surface area contributed by atoms with Gasteiger partial charge in [-0.15, -0.1) is 0 Å². The molecule has 0 aliphatic heterocycles. The van der Waals surface area contributed by atoms with Gasteiger partial charge in [0.05, 0.1) is 6.61 Å². The highest BCUT2D eigenvalue weighted by Crippen LogP contribution is 2.21. The maximum atomic E-state index is 11.3. The summed E-state index contributed by atoms with van der Waals surface area (Å²) in [5.41, 5.74) is -1.05. The SMILES string of the molecule is CC(C)(CO)[C@H](O)C(=O)C[C@@H](O)C(=O)O. The Bertz CT molecular complexity index is 247. The van der Waals surface area contributed by atoms with Crippen molar-refractivity contribution in [3.05, 3.63) is 0 Å². The van der Waals surface area contributed by atoms with E-state index in [4.69, 9.17) is 15.3 Å². The second-order valence-electron chi connectivity index (χ2n) is 4.07. The summed E-state index contributed by atoms with van der Waals surface area (Å²) in [5, 5.41) is 35.6. The minimum absolute atomic E-state index is 0.414. The van der Waals surface area contributed by atoms with Crippen molar-refractivity contribution in [2.45, 2.75) is 32.5 Å². The zero-order valence-electron chi connectivity index (χ0n) is 8.67. The fourth-order valence-electron chi connectivity index (χ4n) is 0.912. The molecule has 0 saturated heterocycles. The van der Waals surface area contributed by atoms with Gasteiger partial charge in [-0.2, -0.15) is 0 Å². The topological polar surface area (TPSA) is 115 Å². The third kappa shape index (κ3) is 3.94. The molecule has 0 aromatic rings. The maximum Gasteiger partial charge on any atom is 0.332 e. The van der Waals surface area contributed by atoms with Gasteiger partial charge in [-0.05, 0) is 0 Å². The number of carboxylic acids is 1. The summed E-state index contributed by atoms with van der Waals surface area (Å²) >= 11 is 0. The largest absolute Gasteiger partial charge is 0.479 e. The van der Waals surface area contributed by atoms with E-state index in [-0.39, 0.29) is 0 Å². The van der Waals surface area contributed by atoms with Gasteiger partial charge in [0, 0.05) is 11.8 Å². The molecule has 6 nitrogen and oxygen atoms in total. The number of rotatable bonds is 6. The van der Waals surface area contributed by atoms with Crippen LogP contribution in [0.4, 0.5) is 0 Å². The highest BCUT2D eigenvalue weighted by Gasteiger charge is 2.34. The minimum Gasteiger partial charge on any atom is -0.479 e. The molecular weight excluding hydrogens is 204 g/mol. The Morgan fingerprint density at radius 1 is 1.27 bits per heavy atom. The summed E-state index contributed by atoms with van der Waals surface area (Å²) in [6, 6.07) is 0. The summed E-state index contributed by atoms with van der Waals surface area (Å²) in [5.74, 6) is -2.32. The number of hydrogen-bond acceptors (Lipinski definition) is 5. The molecule has 0 unspecified atom stereocenters. The van der Waals surface area contributed by atoms with E-state index in [1.165, 1.54) is 13.8 Å². The summed E-state index contributed by atoms with van der Waals surface area (Å²) in [4.78, 5) is 21.5. The molecule has 4 N–H and O–H groups in total. The van der Waals surface area contributed by atoms with Crippen molar-refractivity contribution in [2.75, 3.05) is 6.61 Å². The zero-order valence-corrected chi connectivity index (χ0v) is 8.67. The third-order valence-electron chi connectivity index (χ3n) is 2.13. The van der Waals surface area contributed by atoms with Gasteiger partial charge < -0.3 is 20.4 Å². The first kappa shape index (κ1) is 14.0. The molecule has 15 heavy (non-hydrogen) atoms. The number of hydrogen-bond donors (Lipinski definition) is 4. The van der Waals surface area contributed by atoms with Crippen LogP contribution in [0.1, 0.15) is 20.3 Å². The smallest absolute Gasteiger partial charge is 0.332 e. The third-order valence-corrected chi connectivity index (χ3v) is 2.13. The predicted octanol–water partition coefficient (Wildman–Crippen LogP) is -1.23. The number of ketones is 1. The van der Waals surface area contributed by atoms with Gasteiger partial charge in [-0.25, -0.2) is 4.79 Å². The molecule has 0 fully saturated rings. The first-order chi connectivity index (χ1) is 6.72. The average Bonchev–Trinajstić information content (AvgIpc) is 2.16. The number of aliphatic hydroxyl groups excluding tert-OH is 3. The van der Waals surface area contributed by atoms with E-state index in [0.717, 1.165) is 0 Å². The maximum absolute atomic E-state index is 11.3. The van der Waals surface area contributed by atoms with Crippen molar-refractivity contribution in [2.24, 2.45) is 5.41 Å². The van der Waals surface area contributed by atoms with Crippen molar-refractivity contribution in [1.29, 1.82) is 0 Å². The van der Waals surface area contributed by atoms with Crippen LogP contribution in [0.15, 0.2) is 0 Å². The Morgan fingerprint density at radius 3 is 2.07 bits per heavy atom. The van der Waals surface area contributed by atoms with Crippen LogP contribution < -0.4 is 0 Å². The molecule has 6 heteroatoms. The molecule has 0 heterocycles. The van der Waals surface area contributed by atoms with Crippen LogP contribution in [0.5, 0.6) is 0 Å². The number of carboxylic acid groups (broad SMARTS) is 1. The van der Waals surface area contributed by atoms with Crippen molar-refractivity contribution >= 4 is 11.8 Å². The Morgan fingerprint density at radius 2 is 1.73 bits per heavy atom. The number of aliphatic carboxylic acids is 1. The summed E-state index contributed by atoms with van der Waals surface area (Å²) < 4.78 is 0. The quantitative estimate of drug-likeness (QED) is 0.445. The second kappa shape index (κ2) is 5.20. The number of carbonyl (C=O) groups is 2. The Balaban J connectivity index is 4.40. The molecule has 0 saturated carbocycles. The average molecular weight is 220 g/mol. The molecule has 0 amide bonds. The van der Waals surface area contributed by atoms with E-state index in [0.29, 0.717) is 0 Å². The number of carbonyl (C=O) groups excluding carboxylic acids is 1. The van der Waals surface area contributed by atoms with E-state index in [1.54, 1.807) is 0 Å². The molecule has 88 valence electrons. The van der Waals surface area contributed by atoms with E-state index in [9.17, 15) is 14.7 Å². The molecule has 0 rings (SSSR count). The first-order valence-corrected chi connectivity index (χ1v) is 4.45. The first-order valence-electron chi connectivity index (χ1n) is 4.45. The lowest BCUT2D eigenvalue weighted by Gasteiger charge is -2.27. The molecule has 0 aromatic heterocycles. The van der Waals surface area contributed by atoms with Crippen LogP contribution in [-0.2, 0) is 9.59 Å². The highest BCUT2D eigenvalue weighted by atomic mass is 16.4. The molecular formula is C9H16O6. The van der Waals surface area contributed by atoms with E-state index >= 15 is 0 Å². The van der Waals surface area contributed by atoms with Gasteiger partial charge in [0.2, 0.25) is 0 Å². The van der Waals surface area contributed by atoms with E-state index in [1.807, 2.05) is 0 Å². The van der Waals surface area contributed by atoms with E-state index < -0.39 is 42.4 Å². The Hall–Kier alpha value is -0.980. The van der Waals surface area contributed by atoms with Gasteiger partial charge in [-0.3, -0.25) is 4.79 Å². The normalized spacial score (nSPS) is 15.8. The molecule has 0 aliphatic rings. The van der Waals surface area contributed by atoms with Gasteiger partial charge >= 0.3 is 5.97 Å². The Labute approximate surface area is 87.2 Å². The van der Waals surface area contributed by atoms with Gasteiger partial charge in [0.15, 0.2) is 11.9 Å². The van der Waals surface area contributed by atoms with Crippen LogP contribution in [0.3, 0.4) is 0 Å². The number of aliphatic hydroxyl groups is 3. The monoisotopic (exact) mass is 220 g/mol. The van der Waals surface area contributed by atoms with Gasteiger partial charge in [0.1, 0.15) is 6.10 Å². The second-order valence-corrected chi connectivity index (χ2v) is 4.07. The van der Waals surface area contributed by atoms with Crippen molar-refractivity contribution in [3.8, 4) is 0 Å². The van der Waals surface area contributed by atoms with Crippen molar-refractivity contribution in [1.82, 2.24) is 0 Å². The van der Waals surface area contributed by atoms with Crippen LogP contribution >= 0.6 is 0 Å². The number of Topliss-reactive ketones (excluding diaryl/α,β-unsaturated/α-hetero) is 1. The molecule has 0 bridgehead atoms. The van der Waals surface area contributed by atoms with Crippen LogP contribution in [0.2, 0.25) is 0 Å². The molecule has 0 aliphatic carbocycles. The lowest BCUT2D eigenvalue weighted by molar-refractivity contribution is -0.151. The minimum atomic E-state index is -1.82. The summed E-state index contributed by atoms with van der Waals surface area (Å²) in [6.07, 6.45) is -3.97. The molecule has 2 atom stereocenters. The van der Waals surface area contributed by atoms with Gasteiger partial charge in [0.25, 0.3) is 0 Å². The van der Waals surface area contributed by atoms with Crippen molar-refractivity contribution in [3.63, 3.8) is 0 Å². The Kier molecular flexibility index (Phi) is 4.86.